The topological polar surface area (TPSA) is 9.23 Å². The summed E-state index contributed by atoms with van der Waals surface area (Å²) >= 11 is 0. The zero-order valence-corrected chi connectivity index (χ0v) is 20.7. The van der Waals surface area contributed by atoms with Gasteiger partial charge in [-0.15, -0.1) is 6.58 Å². The van der Waals surface area contributed by atoms with E-state index in [1.165, 1.54) is 28.8 Å². The minimum Gasteiger partial charge on any atom is -0.484 e. The Kier molecular flexibility index (Phi) is 8.65. The first-order valence-electron chi connectivity index (χ1n) is 12.5. The molecule has 0 aliphatic heterocycles. The van der Waals surface area contributed by atoms with Crippen molar-refractivity contribution >= 4 is 10.8 Å². The van der Waals surface area contributed by atoms with E-state index in [1.54, 1.807) is 12.1 Å². The lowest BCUT2D eigenvalue weighted by atomic mass is 9.97. The molecule has 0 saturated carbocycles. The standard InChI is InChI=1S/C32H30F4O/c1-2-3-4-23-5-7-24(8-6-23)9-10-26-14-20-30-28(21-26)17-16-27(31(30)33)15-11-25-12-18-29(19-13-25)37-22-32(34,35)36/h2,5-8,12-14,16-21H,1,3-4,9-11,15,22H2. The molecular formula is C32H30F4O. The fourth-order valence-electron chi connectivity index (χ4n) is 4.36. The van der Waals surface area contributed by atoms with Crippen molar-refractivity contribution in [1.29, 1.82) is 0 Å². The van der Waals surface area contributed by atoms with Gasteiger partial charge in [-0.1, -0.05) is 72.8 Å². The van der Waals surface area contributed by atoms with Crippen molar-refractivity contribution < 1.29 is 22.3 Å². The lowest BCUT2D eigenvalue weighted by Crippen LogP contribution is -2.19. The Bertz CT molecular complexity index is 1320. The number of aryl methyl sites for hydroxylation is 5. The number of fused-ring (bicyclic) bond motifs is 1. The molecule has 0 unspecified atom stereocenters. The van der Waals surface area contributed by atoms with Gasteiger partial charge in [0.25, 0.3) is 0 Å². The van der Waals surface area contributed by atoms with E-state index in [9.17, 15) is 13.2 Å². The molecule has 0 spiro atoms. The summed E-state index contributed by atoms with van der Waals surface area (Å²) in [6, 6.07) is 24.8. The Labute approximate surface area is 215 Å². The van der Waals surface area contributed by atoms with Crippen molar-refractivity contribution in [3.05, 3.63) is 125 Å². The predicted octanol–water partition coefficient (Wildman–Crippen LogP) is 8.61. The number of hydrogen-bond donors (Lipinski definition) is 0. The van der Waals surface area contributed by atoms with Crippen molar-refractivity contribution in [1.82, 2.24) is 0 Å². The van der Waals surface area contributed by atoms with Crippen molar-refractivity contribution in [2.45, 2.75) is 44.7 Å². The third-order valence-corrected chi connectivity index (χ3v) is 6.47. The summed E-state index contributed by atoms with van der Waals surface area (Å²) in [7, 11) is 0. The van der Waals surface area contributed by atoms with Crippen molar-refractivity contribution in [3.8, 4) is 5.75 Å². The lowest BCUT2D eigenvalue weighted by molar-refractivity contribution is -0.153. The van der Waals surface area contributed by atoms with Crippen LogP contribution in [-0.2, 0) is 32.1 Å². The van der Waals surface area contributed by atoms with E-state index in [0.29, 0.717) is 23.8 Å². The maximum absolute atomic E-state index is 15.2. The zero-order valence-electron chi connectivity index (χ0n) is 20.7. The molecule has 4 aromatic rings. The van der Waals surface area contributed by atoms with Crippen LogP contribution in [0.5, 0.6) is 5.75 Å². The first kappa shape index (κ1) is 26.5. The van der Waals surface area contributed by atoms with Crippen LogP contribution in [0.4, 0.5) is 17.6 Å². The van der Waals surface area contributed by atoms with E-state index >= 15 is 4.39 Å². The van der Waals surface area contributed by atoms with Crippen LogP contribution in [0.15, 0.2) is 91.5 Å². The van der Waals surface area contributed by atoms with Gasteiger partial charge in [0, 0.05) is 5.39 Å². The number of rotatable bonds is 11. The van der Waals surface area contributed by atoms with E-state index in [4.69, 9.17) is 4.74 Å². The van der Waals surface area contributed by atoms with Crippen LogP contribution in [0.3, 0.4) is 0 Å². The van der Waals surface area contributed by atoms with E-state index in [1.807, 2.05) is 30.3 Å². The van der Waals surface area contributed by atoms with Crippen molar-refractivity contribution in [2.75, 3.05) is 6.61 Å². The number of alkyl halides is 3. The van der Waals surface area contributed by atoms with Gasteiger partial charge in [-0.2, -0.15) is 13.2 Å². The molecule has 0 aliphatic carbocycles. The van der Waals surface area contributed by atoms with Gasteiger partial charge in [0.1, 0.15) is 11.6 Å². The van der Waals surface area contributed by atoms with E-state index in [0.717, 1.165) is 36.6 Å². The van der Waals surface area contributed by atoms with Crippen LogP contribution in [0, 0.1) is 5.82 Å². The monoisotopic (exact) mass is 506 g/mol. The molecule has 0 atom stereocenters. The van der Waals surface area contributed by atoms with Gasteiger partial charge in [-0.05, 0) is 83.9 Å². The molecule has 0 heterocycles. The molecule has 0 aromatic heterocycles. The van der Waals surface area contributed by atoms with Gasteiger partial charge in [0.05, 0.1) is 0 Å². The molecule has 1 nitrogen and oxygen atoms in total. The van der Waals surface area contributed by atoms with Crippen LogP contribution in [0.2, 0.25) is 0 Å². The second-order valence-corrected chi connectivity index (χ2v) is 9.29. The Morgan fingerprint density at radius 3 is 1.89 bits per heavy atom. The van der Waals surface area contributed by atoms with Crippen LogP contribution in [-0.4, -0.2) is 12.8 Å². The number of allylic oxidation sites excluding steroid dienone is 1. The third kappa shape index (κ3) is 7.69. The Morgan fingerprint density at radius 2 is 1.24 bits per heavy atom. The summed E-state index contributed by atoms with van der Waals surface area (Å²) in [4.78, 5) is 0. The molecule has 0 N–H and O–H groups in total. The summed E-state index contributed by atoms with van der Waals surface area (Å²) in [5.74, 6) is -0.0569. The van der Waals surface area contributed by atoms with E-state index in [-0.39, 0.29) is 11.6 Å². The summed E-state index contributed by atoms with van der Waals surface area (Å²) < 4.78 is 56.8. The number of halogens is 4. The first-order valence-corrected chi connectivity index (χ1v) is 12.5. The quantitative estimate of drug-likeness (QED) is 0.146. The van der Waals surface area contributed by atoms with Crippen LogP contribution in [0.1, 0.15) is 34.2 Å². The second kappa shape index (κ2) is 12.1. The van der Waals surface area contributed by atoms with Gasteiger partial charge in [0.15, 0.2) is 6.61 Å². The normalized spacial score (nSPS) is 11.6. The Morgan fingerprint density at radius 1 is 0.676 bits per heavy atom. The maximum Gasteiger partial charge on any atom is 0.422 e. The van der Waals surface area contributed by atoms with Crippen LogP contribution < -0.4 is 4.74 Å². The highest BCUT2D eigenvalue weighted by atomic mass is 19.4. The van der Waals surface area contributed by atoms with Gasteiger partial charge in [-0.3, -0.25) is 0 Å². The number of benzene rings is 4. The molecule has 4 aromatic carbocycles. The zero-order chi connectivity index (χ0) is 26.3. The predicted molar refractivity (Wildman–Crippen MR) is 142 cm³/mol. The first-order chi connectivity index (χ1) is 17.8. The fourth-order valence-corrected chi connectivity index (χ4v) is 4.36. The van der Waals surface area contributed by atoms with Gasteiger partial charge in [-0.25, -0.2) is 4.39 Å². The summed E-state index contributed by atoms with van der Waals surface area (Å²) in [5.41, 5.74) is 5.29. The van der Waals surface area contributed by atoms with Gasteiger partial charge in [0.2, 0.25) is 0 Å². The second-order valence-electron chi connectivity index (χ2n) is 9.29. The molecule has 192 valence electrons. The lowest BCUT2D eigenvalue weighted by Gasteiger charge is -2.11. The molecule has 0 amide bonds. The molecular weight excluding hydrogens is 476 g/mol. The molecule has 5 heteroatoms. The molecule has 0 saturated heterocycles. The maximum atomic E-state index is 15.2. The summed E-state index contributed by atoms with van der Waals surface area (Å²) in [5, 5.41) is 1.48. The van der Waals surface area contributed by atoms with Gasteiger partial charge < -0.3 is 4.74 Å². The molecule has 0 radical (unpaired) electrons. The molecule has 4 rings (SSSR count). The highest BCUT2D eigenvalue weighted by Crippen LogP contribution is 2.25. The summed E-state index contributed by atoms with van der Waals surface area (Å²) in [6.07, 6.45) is 2.43. The van der Waals surface area contributed by atoms with Crippen molar-refractivity contribution in [3.63, 3.8) is 0 Å². The van der Waals surface area contributed by atoms with Gasteiger partial charge >= 0.3 is 6.18 Å². The minimum atomic E-state index is -4.37. The third-order valence-electron chi connectivity index (χ3n) is 6.47. The molecule has 37 heavy (non-hydrogen) atoms. The van der Waals surface area contributed by atoms with Crippen LogP contribution >= 0.6 is 0 Å². The number of hydrogen-bond acceptors (Lipinski definition) is 1. The molecule has 0 bridgehead atoms. The van der Waals surface area contributed by atoms with Crippen LogP contribution in [0.25, 0.3) is 10.8 Å². The average molecular weight is 507 g/mol. The Hall–Kier alpha value is -3.60. The SMILES string of the molecule is C=CCCc1ccc(CCc2ccc3c(F)c(CCc4ccc(OCC(F)(F)F)cc4)ccc3c2)cc1. The average Bonchev–Trinajstić information content (AvgIpc) is 2.90. The molecule has 0 fully saturated rings. The summed E-state index contributed by atoms with van der Waals surface area (Å²) in [6.45, 7) is 2.45. The highest BCUT2D eigenvalue weighted by molar-refractivity contribution is 5.84. The fraction of sp³-hybridized carbons (Fsp3) is 0.250. The smallest absolute Gasteiger partial charge is 0.422 e. The highest BCUT2D eigenvalue weighted by Gasteiger charge is 2.28. The minimum absolute atomic E-state index is 0.161. The Balaban J connectivity index is 1.35. The largest absolute Gasteiger partial charge is 0.484 e. The van der Waals surface area contributed by atoms with Crippen molar-refractivity contribution in [2.24, 2.45) is 0 Å². The van der Waals surface area contributed by atoms with E-state index < -0.39 is 12.8 Å². The molecule has 0 aliphatic rings. The van der Waals surface area contributed by atoms with E-state index in [2.05, 4.69) is 36.9 Å². The number of ether oxygens (including phenoxy) is 1.